The highest BCUT2D eigenvalue weighted by Crippen LogP contribution is 2.20. The molecule has 4 heteroatoms. The number of rotatable bonds is 4. The highest BCUT2D eigenvalue weighted by atomic mass is 16.1. The molecule has 0 spiro atoms. The fourth-order valence-corrected chi connectivity index (χ4v) is 2.41. The van der Waals surface area contributed by atoms with E-state index in [4.69, 9.17) is 0 Å². The zero-order chi connectivity index (χ0) is 15.4. The Morgan fingerprint density at radius 2 is 1.91 bits per heavy atom. The third kappa shape index (κ3) is 2.91. The van der Waals surface area contributed by atoms with Crippen molar-refractivity contribution in [3.63, 3.8) is 0 Å². The first-order chi connectivity index (χ1) is 10.8. The molecular weight excluding hydrogens is 274 g/mol. The fourth-order valence-electron chi connectivity index (χ4n) is 2.41. The molecule has 0 atom stereocenters. The van der Waals surface area contributed by atoms with Gasteiger partial charge < -0.3 is 9.88 Å². The van der Waals surface area contributed by atoms with Gasteiger partial charge in [0.1, 0.15) is 5.69 Å². The number of hydrogen-bond donors (Lipinski definition) is 1. The number of nitrogens with one attached hydrogen (secondary N) is 1. The van der Waals surface area contributed by atoms with Gasteiger partial charge in [-0.15, -0.1) is 0 Å². The first-order valence-corrected chi connectivity index (χ1v) is 7.14. The molecule has 0 unspecified atom stereocenters. The zero-order valence-corrected chi connectivity index (χ0v) is 12.4. The summed E-state index contributed by atoms with van der Waals surface area (Å²) in [5, 5.41) is 2.95. The quantitative estimate of drug-likeness (QED) is 0.803. The molecule has 0 radical (unpaired) electrons. The lowest BCUT2D eigenvalue weighted by Gasteiger charge is -2.09. The second kappa shape index (κ2) is 6.26. The number of aromatic nitrogens is 2. The Labute approximate surface area is 129 Å². The van der Waals surface area contributed by atoms with Crippen molar-refractivity contribution in [2.75, 3.05) is 0 Å². The van der Waals surface area contributed by atoms with Crippen molar-refractivity contribution in [2.24, 2.45) is 7.05 Å². The Kier molecular flexibility index (Phi) is 4.01. The number of nitrogens with zero attached hydrogens (tertiary/aromatic N) is 2. The van der Waals surface area contributed by atoms with Crippen molar-refractivity contribution >= 4 is 5.91 Å². The molecule has 2 heterocycles. The summed E-state index contributed by atoms with van der Waals surface area (Å²) >= 11 is 0. The van der Waals surface area contributed by atoms with E-state index in [2.05, 4.69) is 10.3 Å². The molecule has 2 aromatic heterocycles. The Morgan fingerprint density at radius 1 is 1.09 bits per heavy atom. The Morgan fingerprint density at radius 3 is 2.64 bits per heavy atom. The van der Waals surface area contributed by atoms with Gasteiger partial charge in [0.15, 0.2) is 0 Å². The SMILES string of the molecule is Cn1c(C(=O)NCc2ccccc2)ccc1-c1cccnc1. The first kappa shape index (κ1) is 14.1. The summed E-state index contributed by atoms with van der Waals surface area (Å²) in [5.41, 5.74) is 3.68. The van der Waals surface area contributed by atoms with Crippen LogP contribution in [-0.2, 0) is 13.6 Å². The topological polar surface area (TPSA) is 46.9 Å². The summed E-state index contributed by atoms with van der Waals surface area (Å²) in [6.45, 7) is 0.521. The minimum atomic E-state index is -0.0820. The van der Waals surface area contributed by atoms with E-state index in [9.17, 15) is 4.79 Å². The molecule has 0 aliphatic carbocycles. The van der Waals surface area contributed by atoms with Crippen molar-refractivity contribution in [1.29, 1.82) is 0 Å². The minimum Gasteiger partial charge on any atom is -0.347 e. The average molecular weight is 291 g/mol. The largest absolute Gasteiger partial charge is 0.347 e. The molecule has 110 valence electrons. The molecule has 3 aromatic rings. The molecule has 4 nitrogen and oxygen atoms in total. The van der Waals surface area contributed by atoms with E-state index < -0.39 is 0 Å². The lowest BCUT2D eigenvalue weighted by Crippen LogP contribution is -2.24. The van der Waals surface area contributed by atoms with Crippen LogP contribution in [0.25, 0.3) is 11.3 Å². The van der Waals surface area contributed by atoms with Crippen LogP contribution in [0.1, 0.15) is 16.1 Å². The average Bonchev–Trinajstić information content (AvgIpc) is 2.96. The van der Waals surface area contributed by atoms with Gasteiger partial charge in [-0.1, -0.05) is 30.3 Å². The van der Waals surface area contributed by atoms with Crippen molar-refractivity contribution in [2.45, 2.75) is 6.54 Å². The molecule has 0 aliphatic rings. The predicted molar refractivity (Wildman–Crippen MR) is 86.3 cm³/mol. The lowest BCUT2D eigenvalue weighted by atomic mass is 10.2. The van der Waals surface area contributed by atoms with Gasteiger partial charge in [0.05, 0.1) is 0 Å². The maximum absolute atomic E-state index is 12.3. The second-order valence-electron chi connectivity index (χ2n) is 5.07. The highest BCUT2D eigenvalue weighted by molar-refractivity contribution is 5.93. The second-order valence-corrected chi connectivity index (χ2v) is 5.07. The van der Waals surface area contributed by atoms with Gasteiger partial charge >= 0.3 is 0 Å². The molecule has 1 amide bonds. The molecule has 0 aliphatic heterocycles. The van der Waals surface area contributed by atoms with E-state index in [-0.39, 0.29) is 5.91 Å². The van der Waals surface area contributed by atoms with Crippen LogP contribution < -0.4 is 5.32 Å². The predicted octanol–water partition coefficient (Wildman–Crippen LogP) is 3.02. The molecule has 0 bridgehead atoms. The highest BCUT2D eigenvalue weighted by Gasteiger charge is 2.13. The van der Waals surface area contributed by atoms with E-state index in [1.165, 1.54) is 0 Å². The third-order valence-corrected chi connectivity index (χ3v) is 3.61. The van der Waals surface area contributed by atoms with Crippen molar-refractivity contribution < 1.29 is 4.79 Å². The van der Waals surface area contributed by atoms with Crippen LogP contribution in [0.15, 0.2) is 67.0 Å². The summed E-state index contributed by atoms with van der Waals surface area (Å²) in [6.07, 6.45) is 3.53. The van der Waals surface area contributed by atoms with Gasteiger partial charge in [0.2, 0.25) is 0 Å². The van der Waals surface area contributed by atoms with E-state index in [1.54, 1.807) is 12.4 Å². The summed E-state index contributed by atoms with van der Waals surface area (Å²) in [6, 6.07) is 17.5. The number of amides is 1. The molecule has 0 saturated heterocycles. The van der Waals surface area contributed by atoms with Gasteiger partial charge in [-0.2, -0.15) is 0 Å². The maximum Gasteiger partial charge on any atom is 0.268 e. The van der Waals surface area contributed by atoms with Crippen molar-refractivity contribution in [1.82, 2.24) is 14.9 Å². The van der Waals surface area contributed by atoms with E-state index in [0.717, 1.165) is 16.8 Å². The minimum absolute atomic E-state index is 0.0820. The Hall–Kier alpha value is -2.88. The normalized spacial score (nSPS) is 10.4. The van der Waals surface area contributed by atoms with Gasteiger partial charge in [-0.25, -0.2) is 0 Å². The van der Waals surface area contributed by atoms with Crippen LogP contribution in [0.3, 0.4) is 0 Å². The van der Waals surface area contributed by atoms with Gasteiger partial charge in [-0.05, 0) is 29.8 Å². The van der Waals surface area contributed by atoms with Crippen molar-refractivity contribution in [3.05, 3.63) is 78.2 Å². The number of hydrogen-bond acceptors (Lipinski definition) is 2. The number of carbonyl (C=O) groups excluding carboxylic acids is 1. The summed E-state index contributed by atoms with van der Waals surface area (Å²) in [7, 11) is 1.89. The van der Waals surface area contributed by atoms with Crippen LogP contribution in [0.4, 0.5) is 0 Å². The van der Waals surface area contributed by atoms with Crippen molar-refractivity contribution in [3.8, 4) is 11.3 Å². The number of benzene rings is 1. The molecule has 0 saturated carbocycles. The maximum atomic E-state index is 12.3. The monoisotopic (exact) mass is 291 g/mol. The Bertz CT molecular complexity index is 764. The van der Waals surface area contributed by atoms with E-state index >= 15 is 0 Å². The summed E-state index contributed by atoms with van der Waals surface area (Å²) < 4.78 is 1.89. The van der Waals surface area contributed by atoms with Gasteiger partial charge in [-0.3, -0.25) is 9.78 Å². The molecular formula is C18H17N3O. The van der Waals surface area contributed by atoms with Crippen LogP contribution in [0.5, 0.6) is 0 Å². The molecule has 0 fully saturated rings. The fraction of sp³-hybridized carbons (Fsp3) is 0.111. The standard InChI is InChI=1S/C18H17N3O/c1-21-16(15-8-5-11-19-13-15)9-10-17(21)18(22)20-12-14-6-3-2-4-7-14/h2-11,13H,12H2,1H3,(H,20,22). The number of pyridine rings is 1. The first-order valence-electron chi connectivity index (χ1n) is 7.14. The smallest absolute Gasteiger partial charge is 0.268 e. The zero-order valence-electron chi connectivity index (χ0n) is 12.4. The van der Waals surface area contributed by atoms with Crippen LogP contribution in [0.2, 0.25) is 0 Å². The third-order valence-electron chi connectivity index (χ3n) is 3.61. The van der Waals surface area contributed by atoms with E-state index in [0.29, 0.717) is 12.2 Å². The molecule has 3 rings (SSSR count). The van der Waals surface area contributed by atoms with Crippen LogP contribution in [0, 0.1) is 0 Å². The van der Waals surface area contributed by atoms with Crippen LogP contribution in [-0.4, -0.2) is 15.5 Å². The molecule has 1 aromatic carbocycles. The summed E-state index contributed by atoms with van der Waals surface area (Å²) in [5.74, 6) is -0.0820. The molecule has 22 heavy (non-hydrogen) atoms. The lowest BCUT2D eigenvalue weighted by molar-refractivity contribution is 0.0943. The summed E-state index contributed by atoms with van der Waals surface area (Å²) in [4.78, 5) is 16.5. The van der Waals surface area contributed by atoms with Crippen LogP contribution >= 0.6 is 0 Å². The van der Waals surface area contributed by atoms with Gasteiger partial charge in [0.25, 0.3) is 5.91 Å². The van der Waals surface area contributed by atoms with Gasteiger partial charge in [0, 0.05) is 37.2 Å². The number of carbonyl (C=O) groups is 1. The molecule has 1 N–H and O–H groups in total. The van der Waals surface area contributed by atoms with E-state index in [1.807, 2.05) is 66.2 Å². The Balaban J connectivity index is 1.75.